The molecular formula is C15H26ClNO2. The van der Waals surface area contributed by atoms with E-state index in [4.69, 9.17) is 9.47 Å². The number of ether oxygens (including phenoxy) is 2. The van der Waals surface area contributed by atoms with E-state index in [-0.39, 0.29) is 12.4 Å². The topological polar surface area (TPSA) is 30.5 Å². The molecule has 1 aromatic rings. The molecule has 3 nitrogen and oxygen atoms in total. The highest BCUT2D eigenvalue weighted by atomic mass is 35.5. The van der Waals surface area contributed by atoms with E-state index in [0.29, 0.717) is 0 Å². The molecular weight excluding hydrogens is 262 g/mol. The van der Waals surface area contributed by atoms with Crippen molar-refractivity contribution in [3.8, 4) is 5.75 Å². The van der Waals surface area contributed by atoms with Crippen LogP contribution >= 0.6 is 12.4 Å². The zero-order chi connectivity index (χ0) is 13.1. The number of benzene rings is 1. The standard InChI is InChI=1S/C15H25NO2.ClH/c1-3-4-11-18-12-5-10-16-13-14-6-8-15(17-2)9-7-14;/h6-9,16H,3-5,10-13H2,1-2H3;1H. The Morgan fingerprint density at radius 2 is 1.74 bits per heavy atom. The van der Waals surface area contributed by atoms with Crippen molar-refractivity contribution in [1.82, 2.24) is 5.32 Å². The van der Waals surface area contributed by atoms with Gasteiger partial charge in [0.25, 0.3) is 0 Å². The molecule has 0 saturated carbocycles. The fourth-order valence-corrected chi connectivity index (χ4v) is 1.62. The molecule has 0 saturated heterocycles. The Kier molecular flexibility index (Phi) is 11.8. The van der Waals surface area contributed by atoms with Crippen molar-refractivity contribution >= 4 is 12.4 Å². The second-order valence-corrected chi connectivity index (χ2v) is 4.34. The Bertz CT molecular complexity index is 304. The predicted octanol–water partition coefficient (Wildman–Crippen LogP) is 3.41. The zero-order valence-electron chi connectivity index (χ0n) is 12.0. The third-order valence-electron chi connectivity index (χ3n) is 2.77. The smallest absolute Gasteiger partial charge is 0.118 e. The van der Waals surface area contributed by atoms with Crippen LogP contribution in [-0.2, 0) is 11.3 Å². The van der Waals surface area contributed by atoms with Crippen LogP contribution in [-0.4, -0.2) is 26.9 Å². The van der Waals surface area contributed by atoms with Gasteiger partial charge in [-0.05, 0) is 37.1 Å². The Morgan fingerprint density at radius 1 is 1.05 bits per heavy atom. The number of methoxy groups -OCH3 is 1. The summed E-state index contributed by atoms with van der Waals surface area (Å²) < 4.78 is 10.6. The maximum atomic E-state index is 5.50. The summed E-state index contributed by atoms with van der Waals surface area (Å²) in [5.41, 5.74) is 1.28. The van der Waals surface area contributed by atoms with E-state index in [9.17, 15) is 0 Å². The van der Waals surface area contributed by atoms with Gasteiger partial charge in [-0.1, -0.05) is 25.5 Å². The second-order valence-electron chi connectivity index (χ2n) is 4.34. The molecule has 0 aliphatic carbocycles. The molecule has 0 fully saturated rings. The van der Waals surface area contributed by atoms with Gasteiger partial charge in [-0.25, -0.2) is 0 Å². The lowest BCUT2D eigenvalue weighted by atomic mass is 10.2. The minimum absolute atomic E-state index is 0. The molecule has 110 valence electrons. The first kappa shape index (κ1) is 18.2. The quantitative estimate of drug-likeness (QED) is 0.669. The number of unbranched alkanes of at least 4 members (excludes halogenated alkanes) is 1. The van der Waals surface area contributed by atoms with Gasteiger partial charge in [-0.2, -0.15) is 0 Å². The van der Waals surface area contributed by atoms with Crippen molar-refractivity contribution in [3.05, 3.63) is 29.8 Å². The first-order valence-electron chi connectivity index (χ1n) is 6.78. The van der Waals surface area contributed by atoms with Crippen molar-refractivity contribution in [3.63, 3.8) is 0 Å². The van der Waals surface area contributed by atoms with Crippen molar-refractivity contribution in [1.29, 1.82) is 0 Å². The third kappa shape index (κ3) is 8.87. The van der Waals surface area contributed by atoms with Crippen LogP contribution in [0.2, 0.25) is 0 Å². The highest BCUT2D eigenvalue weighted by molar-refractivity contribution is 5.85. The molecule has 4 heteroatoms. The third-order valence-corrected chi connectivity index (χ3v) is 2.77. The Labute approximate surface area is 123 Å². The van der Waals surface area contributed by atoms with Crippen LogP contribution in [0.1, 0.15) is 31.7 Å². The summed E-state index contributed by atoms with van der Waals surface area (Å²) in [7, 11) is 1.69. The van der Waals surface area contributed by atoms with Gasteiger partial charge in [0, 0.05) is 19.8 Å². The molecule has 0 aliphatic rings. The predicted molar refractivity (Wildman–Crippen MR) is 82.3 cm³/mol. The van der Waals surface area contributed by atoms with Crippen LogP contribution < -0.4 is 10.1 Å². The van der Waals surface area contributed by atoms with Crippen molar-refractivity contribution in [2.75, 3.05) is 26.9 Å². The van der Waals surface area contributed by atoms with Gasteiger partial charge in [0.15, 0.2) is 0 Å². The average Bonchev–Trinajstić information content (AvgIpc) is 2.42. The summed E-state index contributed by atoms with van der Waals surface area (Å²) in [5, 5.41) is 3.41. The number of hydrogen-bond acceptors (Lipinski definition) is 3. The maximum absolute atomic E-state index is 5.50. The molecule has 0 aliphatic heterocycles. The SMILES string of the molecule is CCCCOCCCNCc1ccc(OC)cc1.Cl. The van der Waals surface area contributed by atoms with Gasteiger partial charge >= 0.3 is 0 Å². The molecule has 0 aromatic heterocycles. The fourth-order valence-electron chi connectivity index (χ4n) is 1.62. The van der Waals surface area contributed by atoms with Crippen LogP contribution in [0.15, 0.2) is 24.3 Å². The van der Waals surface area contributed by atoms with E-state index in [2.05, 4.69) is 24.4 Å². The molecule has 0 spiro atoms. The summed E-state index contributed by atoms with van der Waals surface area (Å²) in [6.45, 7) is 5.83. The Morgan fingerprint density at radius 3 is 2.37 bits per heavy atom. The molecule has 1 N–H and O–H groups in total. The lowest BCUT2D eigenvalue weighted by molar-refractivity contribution is 0.129. The molecule has 0 amide bonds. The summed E-state index contributed by atoms with van der Waals surface area (Å²) >= 11 is 0. The second kappa shape index (κ2) is 12.3. The first-order chi connectivity index (χ1) is 8.86. The normalized spacial score (nSPS) is 10.0. The lowest BCUT2D eigenvalue weighted by Gasteiger charge is -2.06. The Balaban J connectivity index is 0.00000324. The molecule has 0 atom stereocenters. The van der Waals surface area contributed by atoms with Crippen LogP contribution in [0.4, 0.5) is 0 Å². The van der Waals surface area contributed by atoms with Gasteiger partial charge < -0.3 is 14.8 Å². The zero-order valence-corrected chi connectivity index (χ0v) is 12.8. The molecule has 0 bridgehead atoms. The number of hydrogen-bond donors (Lipinski definition) is 1. The monoisotopic (exact) mass is 287 g/mol. The van der Waals surface area contributed by atoms with Gasteiger partial charge in [0.1, 0.15) is 5.75 Å². The highest BCUT2D eigenvalue weighted by Crippen LogP contribution is 2.10. The van der Waals surface area contributed by atoms with E-state index in [0.717, 1.165) is 38.5 Å². The molecule has 0 heterocycles. The van der Waals surface area contributed by atoms with Crippen molar-refractivity contribution < 1.29 is 9.47 Å². The van der Waals surface area contributed by atoms with Gasteiger partial charge in [-0.3, -0.25) is 0 Å². The van der Waals surface area contributed by atoms with Crippen molar-refractivity contribution in [2.24, 2.45) is 0 Å². The highest BCUT2D eigenvalue weighted by Gasteiger charge is 1.94. The van der Waals surface area contributed by atoms with E-state index < -0.39 is 0 Å². The van der Waals surface area contributed by atoms with Gasteiger partial charge in [0.2, 0.25) is 0 Å². The lowest BCUT2D eigenvalue weighted by Crippen LogP contribution is -2.16. The fraction of sp³-hybridized carbons (Fsp3) is 0.600. The van der Waals surface area contributed by atoms with Crippen LogP contribution in [0.5, 0.6) is 5.75 Å². The molecule has 0 radical (unpaired) electrons. The number of nitrogens with one attached hydrogen (secondary N) is 1. The van der Waals surface area contributed by atoms with Gasteiger partial charge in [-0.15, -0.1) is 12.4 Å². The summed E-state index contributed by atoms with van der Waals surface area (Å²) in [4.78, 5) is 0. The van der Waals surface area contributed by atoms with E-state index in [1.165, 1.54) is 18.4 Å². The van der Waals surface area contributed by atoms with E-state index in [1.807, 2.05) is 12.1 Å². The van der Waals surface area contributed by atoms with E-state index in [1.54, 1.807) is 7.11 Å². The van der Waals surface area contributed by atoms with Gasteiger partial charge in [0.05, 0.1) is 7.11 Å². The van der Waals surface area contributed by atoms with Crippen LogP contribution in [0, 0.1) is 0 Å². The van der Waals surface area contributed by atoms with E-state index >= 15 is 0 Å². The molecule has 19 heavy (non-hydrogen) atoms. The minimum atomic E-state index is 0. The number of halogens is 1. The summed E-state index contributed by atoms with van der Waals surface area (Å²) in [6, 6.07) is 8.16. The number of rotatable bonds is 10. The maximum Gasteiger partial charge on any atom is 0.118 e. The minimum Gasteiger partial charge on any atom is -0.497 e. The van der Waals surface area contributed by atoms with Crippen LogP contribution in [0.25, 0.3) is 0 Å². The summed E-state index contributed by atoms with van der Waals surface area (Å²) in [5.74, 6) is 0.906. The Hall–Kier alpha value is -0.770. The molecule has 1 rings (SSSR count). The first-order valence-corrected chi connectivity index (χ1v) is 6.78. The summed E-state index contributed by atoms with van der Waals surface area (Å²) in [6.07, 6.45) is 3.44. The van der Waals surface area contributed by atoms with Crippen LogP contribution in [0.3, 0.4) is 0 Å². The molecule has 0 unspecified atom stereocenters. The van der Waals surface area contributed by atoms with Crippen molar-refractivity contribution in [2.45, 2.75) is 32.7 Å². The largest absolute Gasteiger partial charge is 0.497 e. The molecule has 1 aromatic carbocycles. The average molecular weight is 288 g/mol.